The van der Waals surface area contributed by atoms with E-state index in [1.54, 1.807) is 13.3 Å². The monoisotopic (exact) mass is 468 g/mol. The molecule has 7 heteroatoms. The van der Waals surface area contributed by atoms with E-state index < -0.39 is 17.7 Å². The Morgan fingerprint density at radius 1 is 1.21 bits per heavy atom. The van der Waals surface area contributed by atoms with E-state index in [9.17, 15) is 0 Å². The third-order valence-electron chi connectivity index (χ3n) is 3.17. The molecule has 1 heterocycles. The fraction of sp³-hybridized carbons (Fsp3) is 0.176. The molecule has 0 N–H and O–H groups in total. The van der Waals surface area contributed by atoms with Gasteiger partial charge in [0.25, 0.3) is 0 Å². The second kappa shape index (κ2) is 7.29. The van der Waals surface area contributed by atoms with Crippen LogP contribution in [0.15, 0.2) is 47.5 Å². The van der Waals surface area contributed by atoms with Crippen LogP contribution in [0.3, 0.4) is 0 Å². The molecular formula is C17H17ClN2O2SSn. The van der Waals surface area contributed by atoms with Crippen LogP contribution in [-0.4, -0.2) is 36.0 Å². The van der Waals surface area contributed by atoms with Crippen LogP contribution in [0.2, 0.25) is 9.88 Å². The minimum absolute atomic E-state index is 0.696. The Morgan fingerprint density at radius 3 is 2.75 bits per heavy atom. The summed E-state index contributed by atoms with van der Waals surface area (Å²) >= 11 is -1.39. The zero-order valence-electron chi connectivity index (χ0n) is 13.6. The van der Waals surface area contributed by atoms with Gasteiger partial charge in [-0.25, -0.2) is 0 Å². The number of fused-ring (bicyclic) bond motifs is 1. The van der Waals surface area contributed by atoms with Crippen molar-refractivity contribution in [2.75, 3.05) is 7.11 Å². The van der Waals surface area contributed by atoms with Gasteiger partial charge in [-0.3, -0.25) is 0 Å². The summed E-state index contributed by atoms with van der Waals surface area (Å²) < 4.78 is 12.2. The van der Waals surface area contributed by atoms with Crippen LogP contribution in [0.1, 0.15) is 5.56 Å². The van der Waals surface area contributed by atoms with Gasteiger partial charge in [0.15, 0.2) is 0 Å². The first-order valence-corrected chi connectivity index (χ1v) is 18.7. The summed E-state index contributed by atoms with van der Waals surface area (Å²) in [5.74, 6) is 1.59. The first kappa shape index (κ1) is 17.5. The van der Waals surface area contributed by atoms with Gasteiger partial charge in [0, 0.05) is 0 Å². The molecule has 0 bridgehead atoms. The minimum atomic E-state index is -2.91. The van der Waals surface area contributed by atoms with Crippen molar-refractivity contribution in [3.8, 4) is 11.5 Å². The number of rotatable bonds is 5. The van der Waals surface area contributed by atoms with Gasteiger partial charge in [-0.15, -0.1) is 0 Å². The zero-order chi connectivity index (χ0) is 17.2. The summed E-state index contributed by atoms with van der Waals surface area (Å²) in [6.07, 6.45) is 1.78. The summed E-state index contributed by atoms with van der Waals surface area (Å²) in [5, 5.41) is 0.696. The van der Waals surface area contributed by atoms with Crippen molar-refractivity contribution in [3.05, 3.63) is 48.0 Å². The zero-order valence-corrected chi connectivity index (χ0v) is 18.0. The first-order valence-electron chi connectivity index (χ1n) is 7.40. The number of thiazole rings is 1. The molecule has 3 aromatic rings. The fourth-order valence-electron chi connectivity index (χ4n) is 2.14. The van der Waals surface area contributed by atoms with E-state index in [0.29, 0.717) is 5.13 Å². The Labute approximate surface area is 153 Å². The van der Waals surface area contributed by atoms with Crippen LogP contribution >= 0.6 is 20.3 Å². The van der Waals surface area contributed by atoms with Crippen molar-refractivity contribution >= 4 is 59.5 Å². The Kier molecular flexibility index (Phi) is 5.32. The van der Waals surface area contributed by atoms with Crippen LogP contribution in [0, 0.1) is 0 Å². The van der Waals surface area contributed by atoms with E-state index in [0.717, 1.165) is 27.3 Å². The van der Waals surface area contributed by atoms with Crippen LogP contribution in [-0.2, 0) is 0 Å². The molecule has 0 radical (unpaired) electrons. The van der Waals surface area contributed by atoms with Gasteiger partial charge < -0.3 is 0 Å². The summed E-state index contributed by atoms with van der Waals surface area (Å²) in [7, 11) is 8.01. The van der Waals surface area contributed by atoms with E-state index in [1.165, 1.54) is 11.3 Å². The van der Waals surface area contributed by atoms with Crippen LogP contribution in [0.4, 0.5) is 5.13 Å². The van der Waals surface area contributed by atoms with Gasteiger partial charge in [-0.1, -0.05) is 0 Å². The molecule has 0 atom stereocenters. The second-order valence-electron chi connectivity index (χ2n) is 5.59. The fourth-order valence-corrected chi connectivity index (χ4v) is 5.56. The topological polar surface area (TPSA) is 43.7 Å². The number of hydrogen-bond donors (Lipinski definition) is 0. The average molecular weight is 468 g/mol. The molecule has 0 saturated carbocycles. The van der Waals surface area contributed by atoms with Gasteiger partial charge >= 0.3 is 154 Å². The van der Waals surface area contributed by atoms with Crippen molar-refractivity contribution in [2.45, 2.75) is 9.88 Å². The number of benzene rings is 2. The molecule has 0 amide bonds. The van der Waals surface area contributed by atoms with E-state index in [1.807, 2.05) is 52.3 Å². The van der Waals surface area contributed by atoms with Gasteiger partial charge in [0.1, 0.15) is 0 Å². The molecule has 0 saturated heterocycles. The molecule has 124 valence electrons. The molecule has 1 aromatic heterocycles. The maximum atomic E-state index is 6.36. The third kappa shape index (κ3) is 4.40. The van der Waals surface area contributed by atoms with Crippen molar-refractivity contribution in [2.24, 2.45) is 4.99 Å². The molecule has 0 aliphatic rings. The van der Waals surface area contributed by atoms with Crippen molar-refractivity contribution in [1.82, 2.24) is 4.98 Å². The predicted molar refractivity (Wildman–Crippen MR) is 104 cm³/mol. The quantitative estimate of drug-likeness (QED) is 0.374. The summed E-state index contributed by atoms with van der Waals surface area (Å²) in [5.41, 5.74) is 1.82. The average Bonchev–Trinajstić information content (AvgIpc) is 2.94. The normalized spacial score (nSPS) is 12.0. The third-order valence-corrected chi connectivity index (χ3v) is 6.63. The summed E-state index contributed by atoms with van der Waals surface area (Å²) in [6, 6.07) is 13.6. The number of hydrogen-bond acceptors (Lipinski definition) is 5. The van der Waals surface area contributed by atoms with Crippen LogP contribution in [0.5, 0.6) is 11.5 Å². The molecule has 24 heavy (non-hydrogen) atoms. The van der Waals surface area contributed by atoms with Crippen LogP contribution in [0.25, 0.3) is 10.2 Å². The first-order chi connectivity index (χ1) is 11.4. The van der Waals surface area contributed by atoms with Gasteiger partial charge in [0.2, 0.25) is 0 Å². The Morgan fingerprint density at radius 2 is 2.00 bits per heavy atom. The number of aliphatic imine (C=N–C) groups is 1. The molecular weight excluding hydrogens is 450 g/mol. The molecule has 4 nitrogen and oxygen atoms in total. The molecule has 2 aromatic carbocycles. The molecule has 0 spiro atoms. The van der Waals surface area contributed by atoms with Gasteiger partial charge in [0.05, 0.1) is 0 Å². The van der Waals surface area contributed by atoms with E-state index in [-0.39, 0.29) is 0 Å². The van der Waals surface area contributed by atoms with Gasteiger partial charge in [-0.05, 0) is 0 Å². The summed E-state index contributed by atoms with van der Waals surface area (Å²) in [6.45, 7) is 0. The SMILES string of the molecule is COc1ccc2nc(N=Cc3ccccc3[O][Sn]([CH3])([CH3])[Cl])sc2c1. The Balaban J connectivity index is 1.88. The van der Waals surface area contributed by atoms with E-state index >= 15 is 0 Å². The van der Waals surface area contributed by atoms with Gasteiger partial charge in [-0.2, -0.15) is 0 Å². The molecule has 3 rings (SSSR count). The number of nitrogens with zero attached hydrogens (tertiary/aromatic N) is 2. The van der Waals surface area contributed by atoms with Crippen molar-refractivity contribution < 1.29 is 7.81 Å². The molecule has 0 fully saturated rings. The molecule has 0 aliphatic carbocycles. The Hall–Kier alpha value is -1.31. The van der Waals surface area contributed by atoms with Crippen LogP contribution < -0.4 is 7.81 Å². The number of para-hydroxylation sites is 1. The molecule has 0 unspecified atom stereocenters. The maximum absolute atomic E-state index is 6.36. The van der Waals surface area contributed by atoms with Crippen molar-refractivity contribution in [3.63, 3.8) is 0 Å². The number of halogens is 1. The second-order valence-corrected chi connectivity index (χ2v) is 21.1. The summed E-state index contributed by atoms with van der Waals surface area (Å²) in [4.78, 5) is 13.0. The Bertz CT molecular complexity index is 890. The number of methoxy groups -OCH3 is 1. The number of ether oxygens (including phenoxy) is 1. The number of aromatic nitrogens is 1. The molecule has 0 aliphatic heterocycles. The van der Waals surface area contributed by atoms with Crippen molar-refractivity contribution in [1.29, 1.82) is 0 Å². The van der Waals surface area contributed by atoms with E-state index in [2.05, 4.69) is 9.98 Å². The predicted octanol–water partition coefficient (Wildman–Crippen LogP) is 5.37. The standard InChI is InChI=1S/C15H12N2O2S.2CH3.ClH.Sn/c1-19-11-6-7-12-14(8-11)20-15(17-12)16-9-10-4-2-3-5-13(10)18;;;;/h2-9,18H,1H3;2*1H3;1H;/q;;;;+2/p-2. The van der Waals surface area contributed by atoms with E-state index in [4.69, 9.17) is 16.7 Å².